The molecule has 0 spiro atoms. The number of ether oxygens (including phenoxy) is 2. The lowest BCUT2D eigenvalue weighted by molar-refractivity contribution is -0.108. The fourth-order valence-electron chi connectivity index (χ4n) is 2.41. The van der Waals surface area contributed by atoms with Crippen molar-refractivity contribution in [1.82, 2.24) is 9.97 Å². The third-order valence-corrected chi connectivity index (χ3v) is 3.96. The van der Waals surface area contributed by atoms with E-state index in [0.717, 1.165) is 5.01 Å². The summed E-state index contributed by atoms with van der Waals surface area (Å²) in [6.45, 7) is 2.47. The zero-order valence-electron chi connectivity index (χ0n) is 16.2. The summed E-state index contributed by atoms with van der Waals surface area (Å²) < 4.78 is 10.5. The zero-order chi connectivity index (χ0) is 21.4. The van der Waals surface area contributed by atoms with Crippen LogP contribution in [0, 0.1) is 0 Å². The van der Waals surface area contributed by atoms with Gasteiger partial charge in [0.15, 0.2) is 5.82 Å². The van der Waals surface area contributed by atoms with Crippen LogP contribution in [-0.4, -0.2) is 48.5 Å². The quantitative estimate of drug-likeness (QED) is 0.178. The molecule has 1 atom stereocenters. The number of carbonyl (C=O) groups excluding carboxylic acids is 2. The van der Waals surface area contributed by atoms with Gasteiger partial charge in [-0.25, -0.2) is 5.84 Å². The first-order chi connectivity index (χ1) is 13.9. The van der Waals surface area contributed by atoms with Crippen molar-refractivity contribution in [3.05, 3.63) is 40.2 Å². The molecular weight excluding hydrogens is 380 g/mol. The van der Waals surface area contributed by atoms with Crippen molar-refractivity contribution in [1.29, 1.82) is 0 Å². The number of rotatable bonds is 11. The Morgan fingerprint density at radius 1 is 1.41 bits per heavy atom. The molecule has 0 radical (unpaired) electrons. The molecule has 1 amide bonds. The van der Waals surface area contributed by atoms with E-state index in [1.165, 1.54) is 0 Å². The van der Waals surface area contributed by atoms with Gasteiger partial charge in [-0.05, 0) is 19.1 Å². The first-order valence-corrected chi connectivity index (χ1v) is 8.77. The molecule has 0 aliphatic heterocycles. The number of amides is 1. The molecule has 0 aliphatic carbocycles. The van der Waals surface area contributed by atoms with Gasteiger partial charge < -0.3 is 25.3 Å². The van der Waals surface area contributed by atoms with Gasteiger partial charge in [0, 0.05) is 25.3 Å². The predicted molar refractivity (Wildman–Crippen MR) is 107 cm³/mol. The number of hydrazine groups is 1. The van der Waals surface area contributed by atoms with Crippen LogP contribution in [0.1, 0.15) is 23.7 Å². The number of nitrogens with two attached hydrogens (primary N) is 2. The minimum absolute atomic E-state index is 0.0238. The number of hydrogen-bond donors (Lipinski definition) is 4. The minimum atomic E-state index is -0.954. The van der Waals surface area contributed by atoms with Crippen molar-refractivity contribution in [3.63, 3.8) is 0 Å². The minimum Gasteiger partial charge on any atom is -0.491 e. The van der Waals surface area contributed by atoms with Crippen molar-refractivity contribution in [2.75, 3.05) is 30.6 Å². The number of aromatic nitrogens is 2. The third-order valence-electron chi connectivity index (χ3n) is 3.96. The largest absolute Gasteiger partial charge is 0.491 e. The van der Waals surface area contributed by atoms with Crippen LogP contribution in [0.5, 0.6) is 5.75 Å². The van der Waals surface area contributed by atoms with Crippen LogP contribution in [0.15, 0.2) is 29.1 Å². The SMILES string of the molecule is COCCOc1cccc(Nc2nc(N(N)C(C)CC=O)[nH]c(=O)c2C(N)=O)c1. The van der Waals surface area contributed by atoms with E-state index >= 15 is 0 Å². The van der Waals surface area contributed by atoms with E-state index in [9.17, 15) is 14.4 Å². The fourth-order valence-corrected chi connectivity index (χ4v) is 2.41. The number of anilines is 3. The summed E-state index contributed by atoms with van der Waals surface area (Å²) in [6, 6.07) is 6.41. The average Bonchev–Trinajstić information content (AvgIpc) is 2.67. The number of primary amides is 1. The van der Waals surface area contributed by atoms with Gasteiger partial charge in [0.2, 0.25) is 5.95 Å². The number of carbonyl (C=O) groups is 2. The number of aromatic amines is 1. The van der Waals surface area contributed by atoms with Gasteiger partial charge in [-0.2, -0.15) is 4.98 Å². The molecule has 2 rings (SSSR count). The normalized spacial score (nSPS) is 11.6. The number of methoxy groups -OCH3 is 1. The van der Waals surface area contributed by atoms with Gasteiger partial charge >= 0.3 is 0 Å². The summed E-state index contributed by atoms with van der Waals surface area (Å²) in [5.41, 5.74) is 4.75. The molecule has 1 aromatic carbocycles. The maximum absolute atomic E-state index is 12.4. The topological polar surface area (TPSA) is 166 Å². The fraction of sp³-hybridized carbons (Fsp3) is 0.333. The maximum Gasteiger partial charge on any atom is 0.267 e. The highest BCUT2D eigenvalue weighted by Gasteiger charge is 2.20. The number of nitrogens with zero attached hydrogens (tertiary/aromatic N) is 2. The second-order valence-corrected chi connectivity index (χ2v) is 6.13. The maximum atomic E-state index is 12.4. The molecule has 0 saturated carbocycles. The van der Waals surface area contributed by atoms with Crippen LogP contribution in [0.4, 0.5) is 17.5 Å². The first-order valence-electron chi connectivity index (χ1n) is 8.77. The van der Waals surface area contributed by atoms with Gasteiger partial charge in [-0.1, -0.05) is 6.07 Å². The molecule has 29 heavy (non-hydrogen) atoms. The lowest BCUT2D eigenvalue weighted by atomic mass is 10.2. The molecule has 11 nitrogen and oxygen atoms in total. The van der Waals surface area contributed by atoms with E-state index in [0.29, 0.717) is 30.9 Å². The zero-order valence-corrected chi connectivity index (χ0v) is 16.2. The van der Waals surface area contributed by atoms with Crippen molar-refractivity contribution < 1.29 is 19.1 Å². The molecule has 0 bridgehead atoms. The Labute approximate surface area is 167 Å². The molecule has 0 saturated heterocycles. The number of benzene rings is 1. The van der Waals surface area contributed by atoms with Crippen LogP contribution in [0.3, 0.4) is 0 Å². The van der Waals surface area contributed by atoms with Crippen molar-refractivity contribution in [2.45, 2.75) is 19.4 Å². The van der Waals surface area contributed by atoms with E-state index < -0.39 is 17.5 Å². The second kappa shape index (κ2) is 10.2. The Hall–Kier alpha value is -3.44. The molecule has 1 unspecified atom stereocenters. The highest BCUT2D eigenvalue weighted by molar-refractivity contribution is 5.98. The summed E-state index contributed by atoms with van der Waals surface area (Å²) in [5, 5.41) is 4.03. The highest BCUT2D eigenvalue weighted by atomic mass is 16.5. The van der Waals surface area contributed by atoms with E-state index in [-0.39, 0.29) is 23.8 Å². The summed E-state index contributed by atoms with van der Waals surface area (Å²) in [5.74, 6) is 5.45. The Bertz CT molecular complexity index is 916. The van der Waals surface area contributed by atoms with E-state index in [1.54, 1.807) is 38.3 Å². The molecule has 6 N–H and O–H groups in total. The summed E-state index contributed by atoms with van der Waals surface area (Å²) in [7, 11) is 1.57. The molecule has 0 fully saturated rings. The van der Waals surface area contributed by atoms with Crippen LogP contribution < -0.4 is 32.2 Å². The standard InChI is InChI=1S/C18H24N6O5/c1-11(6-7-25)24(20)18-22-16(14(15(19)26)17(27)23-18)21-12-4-3-5-13(10-12)29-9-8-28-2/h3-5,7,10-11H,6,8-9,20H2,1-2H3,(H2,19,26)(H2,21,22,23,27). The Morgan fingerprint density at radius 2 is 2.17 bits per heavy atom. The molecule has 1 aromatic heterocycles. The van der Waals surface area contributed by atoms with Gasteiger partial charge in [0.25, 0.3) is 11.5 Å². The van der Waals surface area contributed by atoms with Crippen LogP contribution in [0.2, 0.25) is 0 Å². The number of hydrogen-bond acceptors (Lipinski definition) is 9. The number of aldehydes is 1. The molecule has 11 heteroatoms. The summed E-state index contributed by atoms with van der Waals surface area (Å²) >= 11 is 0. The molecule has 1 heterocycles. The summed E-state index contributed by atoms with van der Waals surface area (Å²) in [6.07, 6.45) is 0.829. The monoisotopic (exact) mass is 404 g/mol. The van der Waals surface area contributed by atoms with E-state index in [2.05, 4.69) is 15.3 Å². The third kappa shape index (κ3) is 5.77. The van der Waals surface area contributed by atoms with Crippen molar-refractivity contribution in [2.24, 2.45) is 11.6 Å². The van der Waals surface area contributed by atoms with Gasteiger partial charge in [-0.15, -0.1) is 0 Å². The van der Waals surface area contributed by atoms with Crippen molar-refractivity contribution in [3.8, 4) is 5.75 Å². The molecule has 156 valence electrons. The summed E-state index contributed by atoms with van der Waals surface area (Å²) in [4.78, 5) is 41.5. The lowest BCUT2D eigenvalue weighted by Gasteiger charge is -2.23. The van der Waals surface area contributed by atoms with Gasteiger partial charge in [0.05, 0.1) is 12.6 Å². The number of H-pyrrole nitrogens is 1. The van der Waals surface area contributed by atoms with E-state index in [4.69, 9.17) is 21.1 Å². The Balaban J connectivity index is 2.37. The number of nitrogens with one attached hydrogen (secondary N) is 2. The van der Waals surface area contributed by atoms with Crippen LogP contribution in [-0.2, 0) is 9.53 Å². The lowest BCUT2D eigenvalue weighted by Crippen LogP contribution is -2.42. The Kier molecular flexibility index (Phi) is 7.69. The van der Waals surface area contributed by atoms with Crippen molar-refractivity contribution >= 4 is 29.6 Å². The van der Waals surface area contributed by atoms with Gasteiger partial charge in [-0.3, -0.25) is 19.6 Å². The smallest absolute Gasteiger partial charge is 0.267 e. The predicted octanol–water partition coefficient (Wildman–Crippen LogP) is 0.295. The van der Waals surface area contributed by atoms with Crippen LogP contribution >= 0.6 is 0 Å². The van der Waals surface area contributed by atoms with Gasteiger partial charge in [0.1, 0.15) is 24.2 Å². The second-order valence-electron chi connectivity index (χ2n) is 6.13. The van der Waals surface area contributed by atoms with Crippen LogP contribution in [0.25, 0.3) is 0 Å². The Morgan fingerprint density at radius 3 is 2.83 bits per heavy atom. The first kappa shape index (κ1) is 21.9. The molecule has 2 aromatic rings. The average molecular weight is 404 g/mol. The molecule has 0 aliphatic rings. The van der Waals surface area contributed by atoms with E-state index in [1.807, 2.05) is 0 Å². The molecular formula is C18H24N6O5. The highest BCUT2D eigenvalue weighted by Crippen LogP contribution is 2.23.